The zero-order valence-corrected chi connectivity index (χ0v) is 16.5. The molecule has 2 N–H and O–H groups in total. The van der Waals surface area contributed by atoms with Crippen LogP contribution in [0.1, 0.15) is 22.5 Å². The number of nitrogens with one attached hydrogen (secondary N) is 2. The lowest BCUT2D eigenvalue weighted by atomic mass is 10.1. The first-order valence-electron chi connectivity index (χ1n) is 9.28. The largest absolute Gasteiger partial charge is 0.380 e. The van der Waals surface area contributed by atoms with Crippen molar-refractivity contribution >= 4 is 17.5 Å². The first kappa shape index (κ1) is 20.3. The summed E-state index contributed by atoms with van der Waals surface area (Å²) in [6.07, 6.45) is 3.69. The quantitative estimate of drug-likeness (QED) is 0.606. The maximum Gasteiger partial charge on any atom is 0.313 e. The van der Waals surface area contributed by atoms with E-state index in [1.165, 1.54) is 0 Å². The summed E-state index contributed by atoms with van der Waals surface area (Å²) < 4.78 is 7.16. The number of methoxy groups -OCH3 is 1. The van der Waals surface area contributed by atoms with E-state index < -0.39 is 11.8 Å². The SMILES string of the molecule is COCc1ccccc1NC(=O)C(=O)NCc1cccc(Cn2ccnc2C)c1. The molecule has 0 spiro atoms. The van der Waals surface area contributed by atoms with E-state index in [1.54, 1.807) is 25.4 Å². The summed E-state index contributed by atoms with van der Waals surface area (Å²) in [5.41, 5.74) is 3.38. The van der Waals surface area contributed by atoms with E-state index in [9.17, 15) is 9.59 Å². The van der Waals surface area contributed by atoms with Crippen LogP contribution in [0.5, 0.6) is 0 Å². The molecule has 3 aromatic rings. The van der Waals surface area contributed by atoms with Gasteiger partial charge in [0.05, 0.1) is 6.61 Å². The zero-order chi connectivity index (χ0) is 20.6. The standard InChI is InChI=1S/C22H24N4O3/c1-16-23-10-11-26(16)14-18-7-5-6-17(12-18)13-24-21(27)22(28)25-20-9-4-3-8-19(20)15-29-2/h3-12H,13-15H2,1-2H3,(H,24,27)(H,25,28). The highest BCUT2D eigenvalue weighted by atomic mass is 16.5. The second-order valence-corrected chi connectivity index (χ2v) is 6.65. The van der Waals surface area contributed by atoms with Gasteiger partial charge in [0, 0.05) is 43.8 Å². The summed E-state index contributed by atoms with van der Waals surface area (Å²) in [6.45, 7) is 3.27. The average Bonchev–Trinajstić information content (AvgIpc) is 3.12. The van der Waals surface area contributed by atoms with Crippen LogP contribution in [0.15, 0.2) is 60.9 Å². The molecule has 2 aromatic carbocycles. The van der Waals surface area contributed by atoms with Crippen LogP contribution in [0.3, 0.4) is 0 Å². The number of hydrogen-bond acceptors (Lipinski definition) is 4. The topological polar surface area (TPSA) is 85.2 Å². The van der Waals surface area contributed by atoms with Gasteiger partial charge in [-0.2, -0.15) is 0 Å². The number of aryl methyl sites for hydroxylation is 1. The summed E-state index contributed by atoms with van der Waals surface area (Å²) in [5.74, 6) is -0.457. The highest BCUT2D eigenvalue weighted by molar-refractivity contribution is 6.39. The first-order valence-corrected chi connectivity index (χ1v) is 9.28. The number of para-hydroxylation sites is 1. The first-order chi connectivity index (χ1) is 14.1. The molecule has 2 amide bonds. The van der Waals surface area contributed by atoms with Crippen molar-refractivity contribution in [2.24, 2.45) is 0 Å². The Kier molecular flexibility index (Phi) is 6.76. The van der Waals surface area contributed by atoms with Crippen molar-refractivity contribution in [3.05, 3.63) is 83.4 Å². The minimum atomic E-state index is -0.709. The molecule has 0 atom stereocenters. The third kappa shape index (κ3) is 5.52. The number of aromatic nitrogens is 2. The molecule has 0 saturated carbocycles. The van der Waals surface area contributed by atoms with Gasteiger partial charge in [0.25, 0.3) is 0 Å². The van der Waals surface area contributed by atoms with Gasteiger partial charge in [-0.05, 0) is 24.1 Å². The fourth-order valence-corrected chi connectivity index (χ4v) is 2.97. The molecular formula is C22H24N4O3. The fraction of sp³-hybridized carbons (Fsp3) is 0.227. The molecule has 29 heavy (non-hydrogen) atoms. The van der Waals surface area contributed by atoms with Crippen LogP contribution in [0, 0.1) is 6.92 Å². The number of anilines is 1. The molecule has 0 aliphatic carbocycles. The molecule has 150 valence electrons. The van der Waals surface area contributed by atoms with Crippen molar-refractivity contribution in [1.29, 1.82) is 0 Å². The van der Waals surface area contributed by atoms with Crippen LogP contribution in [-0.4, -0.2) is 28.5 Å². The molecule has 7 heteroatoms. The monoisotopic (exact) mass is 392 g/mol. The van der Waals surface area contributed by atoms with E-state index in [-0.39, 0.29) is 6.54 Å². The molecule has 0 aliphatic heterocycles. The predicted octanol–water partition coefficient (Wildman–Crippen LogP) is 2.64. The normalized spacial score (nSPS) is 10.6. The summed E-state index contributed by atoms with van der Waals surface area (Å²) in [7, 11) is 1.58. The molecule has 0 radical (unpaired) electrons. The smallest absolute Gasteiger partial charge is 0.313 e. The Morgan fingerprint density at radius 3 is 2.62 bits per heavy atom. The number of carbonyl (C=O) groups is 2. The van der Waals surface area contributed by atoms with Gasteiger partial charge in [-0.25, -0.2) is 4.98 Å². The van der Waals surface area contributed by atoms with Gasteiger partial charge in [0.15, 0.2) is 0 Å². The molecule has 0 saturated heterocycles. The molecule has 3 rings (SSSR count). The van der Waals surface area contributed by atoms with E-state index in [0.717, 1.165) is 22.5 Å². The summed E-state index contributed by atoms with van der Waals surface area (Å²) >= 11 is 0. The van der Waals surface area contributed by atoms with Crippen molar-refractivity contribution in [3.8, 4) is 0 Å². The molecule has 7 nitrogen and oxygen atoms in total. The van der Waals surface area contributed by atoms with Gasteiger partial charge in [0.1, 0.15) is 5.82 Å². The number of ether oxygens (including phenoxy) is 1. The summed E-state index contributed by atoms with van der Waals surface area (Å²) in [4.78, 5) is 28.7. The Balaban J connectivity index is 1.57. The van der Waals surface area contributed by atoms with E-state index in [4.69, 9.17) is 4.74 Å². The second-order valence-electron chi connectivity index (χ2n) is 6.65. The zero-order valence-electron chi connectivity index (χ0n) is 16.5. The Bertz CT molecular complexity index is 997. The molecule has 0 bridgehead atoms. The third-order valence-electron chi connectivity index (χ3n) is 4.49. The van der Waals surface area contributed by atoms with Crippen LogP contribution in [0.25, 0.3) is 0 Å². The molecular weight excluding hydrogens is 368 g/mol. The average molecular weight is 392 g/mol. The summed E-state index contributed by atoms with van der Waals surface area (Å²) in [5, 5.41) is 5.30. The van der Waals surface area contributed by atoms with Crippen molar-refractivity contribution in [3.63, 3.8) is 0 Å². The molecule has 0 unspecified atom stereocenters. The highest BCUT2D eigenvalue weighted by Gasteiger charge is 2.15. The maximum atomic E-state index is 12.2. The van der Waals surface area contributed by atoms with Crippen molar-refractivity contribution in [2.45, 2.75) is 26.6 Å². The Hall–Kier alpha value is -3.45. The van der Waals surface area contributed by atoms with Crippen molar-refractivity contribution in [1.82, 2.24) is 14.9 Å². The number of rotatable bonds is 7. The number of hydrogen-bond donors (Lipinski definition) is 2. The number of carbonyl (C=O) groups excluding carboxylic acids is 2. The predicted molar refractivity (Wildman–Crippen MR) is 110 cm³/mol. The van der Waals surface area contributed by atoms with Crippen LogP contribution in [-0.2, 0) is 34.0 Å². The van der Waals surface area contributed by atoms with Crippen LogP contribution < -0.4 is 10.6 Å². The highest BCUT2D eigenvalue weighted by Crippen LogP contribution is 2.15. The summed E-state index contributed by atoms with van der Waals surface area (Å²) in [6, 6.07) is 15.1. The van der Waals surface area contributed by atoms with Gasteiger partial charge in [0.2, 0.25) is 0 Å². The van der Waals surface area contributed by atoms with Crippen LogP contribution >= 0.6 is 0 Å². The minimum Gasteiger partial charge on any atom is -0.380 e. The Morgan fingerprint density at radius 1 is 1.07 bits per heavy atom. The molecule has 0 fully saturated rings. The van der Waals surface area contributed by atoms with E-state index >= 15 is 0 Å². The van der Waals surface area contributed by atoms with Crippen molar-refractivity contribution < 1.29 is 14.3 Å². The number of amides is 2. The van der Waals surface area contributed by atoms with Gasteiger partial charge in [-0.1, -0.05) is 42.5 Å². The number of imidazole rings is 1. The fourth-order valence-electron chi connectivity index (χ4n) is 2.97. The lowest BCUT2D eigenvalue weighted by Crippen LogP contribution is -2.35. The third-order valence-corrected chi connectivity index (χ3v) is 4.49. The van der Waals surface area contributed by atoms with Gasteiger partial charge < -0.3 is 19.9 Å². The Morgan fingerprint density at radius 2 is 1.86 bits per heavy atom. The lowest BCUT2D eigenvalue weighted by molar-refractivity contribution is -0.136. The minimum absolute atomic E-state index is 0.267. The van der Waals surface area contributed by atoms with Gasteiger partial charge >= 0.3 is 11.8 Å². The maximum absolute atomic E-state index is 12.2. The molecule has 1 heterocycles. The number of benzene rings is 2. The van der Waals surface area contributed by atoms with Crippen LogP contribution in [0.2, 0.25) is 0 Å². The van der Waals surface area contributed by atoms with Crippen LogP contribution in [0.4, 0.5) is 5.69 Å². The Labute approximate surface area is 169 Å². The van der Waals surface area contributed by atoms with Crippen molar-refractivity contribution in [2.75, 3.05) is 12.4 Å². The van der Waals surface area contributed by atoms with Gasteiger partial charge in [-0.3, -0.25) is 9.59 Å². The number of nitrogens with zero attached hydrogens (tertiary/aromatic N) is 2. The van der Waals surface area contributed by atoms with E-state index in [0.29, 0.717) is 18.8 Å². The van der Waals surface area contributed by atoms with E-state index in [1.807, 2.05) is 54.1 Å². The second kappa shape index (κ2) is 9.66. The lowest BCUT2D eigenvalue weighted by Gasteiger charge is -2.11. The molecule has 1 aromatic heterocycles. The molecule has 0 aliphatic rings. The van der Waals surface area contributed by atoms with E-state index in [2.05, 4.69) is 15.6 Å². The van der Waals surface area contributed by atoms with Gasteiger partial charge in [-0.15, -0.1) is 0 Å².